The van der Waals surface area contributed by atoms with E-state index in [-0.39, 0.29) is 5.91 Å². The number of H-pyrrole nitrogens is 1. The minimum absolute atomic E-state index is 0.0474. The summed E-state index contributed by atoms with van der Waals surface area (Å²) < 4.78 is 0. The lowest BCUT2D eigenvalue weighted by Crippen LogP contribution is -2.32. The smallest absolute Gasteiger partial charge is 0.246 e. The zero-order chi connectivity index (χ0) is 23.5. The van der Waals surface area contributed by atoms with Crippen LogP contribution >= 0.6 is 11.3 Å². The number of pyridine rings is 1. The topological polar surface area (TPSA) is 88.0 Å². The Bertz CT molecular complexity index is 1390. The van der Waals surface area contributed by atoms with Crippen LogP contribution in [-0.4, -0.2) is 59.9 Å². The first-order valence-corrected chi connectivity index (χ1v) is 11.4. The summed E-state index contributed by atoms with van der Waals surface area (Å²) in [7, 11) is 5.77. The number of carbonyl (C=O) groups is 1. The van der Waals surface area contributed by atoms with Crippen molar-refractivity contribution in [2.24, 2.45) is 0 Å². The number of likely N-dealkylation sites (N-methyl/N-ethyl adjacent to an activating group) is 2. The molecule has 0 aliphatic carbocycles. The second kappa shape index (κ2) is 9.45. The Morgan fingerprint density at radius 1 is 1.24 bits per heavy atom. The Hall–Kier alpha value is -3.67. The molecule has 33 heavy (non-hydrogen) atoms. The lowest BCUT2D eigenvalue weighted by molar-refractivity contribution is -0.124. The molecular formula is C25H26N6OS. The van der Waals surface area contributed by atoms with Crippen molar-refractivity contribution in [3.8, 4) is 6.07 Å². The molecule has 0 bridgehead atoms. The molecule has 0 radical (unpaired) electrons. The third kappa shape index (κ3) is 4.75. The fraction of sp³-hybridized carbons (Fsp3) is 0.240. The van der Waals surface area contributed by atoms with E-state index in [1.807, 2.05) is 55.5 Å². The fourth-order valence-electron chi connectivity index (χ4n) is 3.60. The number of nitriles is 1. The molecule has 0 aliphatic rings. The number of hydrogen-bond acceptors (Lipinski definition) is 6. The summed E-state index contributed by atoms with van der Waals surface area (Å²) in [6.07, 6.45) is 6.92. The van der Waals surface area contributed by atoms with Crippen LogP contribution < -0.4 is 5.32 Å². The highest BCUT2D eigenvalue weighted by atomic mass is 32.1. The van der Waals surface area contributed by atoms with Gasteiger partial charge in [0.15, 0.2) is 0 Å². The summed E-state index contributed by atoms with van der Waals surface area (Å²) >= 11 is 1.49. The van der Waals surface area contributed by atoms with Gasteiger partial charge in [0.1, 0.15) is 10.9 Å². The van der Waals surface area contributed by atoms with Crippen molar-refractivity contribution in [3.05, 3.63) is 58.7 Å². The van der Waals surface area contributed by atoms with Crippen molar-refractivity contribution in [1.82, 2.24) is 19.8 Å². The van der Waals surface area contributed by atoms with Crippen molar-refractivity contribution in [1.29, 1.82) is 5.26 Å². The average molecular weight is 459 g/mol. The van der Waals surface area contributed by atoms with Gasteiger partial charge in [0.2, 0.25) is 5.91 Å². The van der Waals surface area contributed by atoms with Crippen molar-refractivity contribution in [2.45, 2.75) is 6.92 Å². The Morgan fingerprint density at radius 3 is 2.82 bits per heavy atom. The van der Waals surface area contributed by atoms with E-state index >= 15 is 0 Å². The highest BCUT2D eigenvalue weighted by molar-refractivity contribution is 7.19. The molecule has 0 spiro atoms. The van der Waals surface area contributed by atoms with E-state index in [4.69, 9.17) is 0 Å². The normalized spacial score (nSPS) is 11.5. The van der Waals surface area contributed by atoms with Crippen LogP contribution in [0.2, 0.25) is 0 Å². The molecule has 1 aromatic carbocycles. The van der Waals surface area contributed by atoms with Gasteiger partial charge in [-0.2, -0.15) is 5.26 Å². The molecule has 0 fully saturated rings. The summed E-state index contributed by atoms with van der Waals surface area (Å²) in [6, 6.07) is 10.3. The number of fused-ring (bicyclic) bond motifs is 2. The maximum Gasteiger partial charge on any atom is 0.246 e. The maximum absolute atomic E-state index is 12.4. The van der Waals surface area contributed by atoms with Crippen LogP contribution in [0.25, 0.3) is 27.2 Å². The first-order chi connectivity index (χ1) is 15.9. The van der Waals surface area contributed by atoms with Gasteiger partial charge in [0.25, 0.3) is 0 Å². The highest BCUT2D eigenvalue weighted by Gasteiger charge is 2.14. The van der Waals surface area contributed by atoms with Crippen molar-refractivity contribution in [3.63, 3.8) is 0 Å². The summed E-state index contributed by atoms with van der Waals surface area (Å²) in [4.78, 5) is 25.6. The third-order valence-electron chi connectivity index (χ3n) is 5.61. The summed E-state index contributed by atoms with van der Waals surface area (Å²) in [5.41, 5.74) is 4.31. The van der Waals surface area contributed by atoms with Crippen LogP contribution in [0.5, 0.6) is 0 Å². The first kappa shape index (κ1) is 22.5. The maximum atomic E-state index is 12.4. The fourth-order valence-corrected chi connectivity index (χ4v) is 4.52. The summed E-state index contributed by atoms with van der Waals surface area (Å²) in [6.45, 7) is 3.53. The molecule has 8 heteroatoms. The van der Waals surface area contributed by atoms with Crippen LogP contribution in [-0.2, 0) is 4.79 Å². The summed E-state index contributed by atoms with van der Waals surface area (Å²) in [5, 5.41) is 15.2. The molecule has 0 saturated carbocycles. The van der Waals surface area contributed by atoms with E-state index in [9.17, 15) is 10.1 Å². The Balaban J connectivity index is 1.64. The number of aryl methyl sites for hydroxylation is 1. The quantitative estimate of drug-likeness (QED) is 0.391. The minimum atomic E-state index is -0.0474. The van der Waals surface area contributed by atoms with Gasteiger partial charge in [-0.05, 0) is 56.9 Å². The molecule has 4 aromatic rings. The van der Waals surface area contributed by atoms with Gasteiger partial charge in [-0.1, -0.05) is 0 Å². The number of hydrogen-bond donors (Lipinski definition) is 2. The van der Waals surface area contributed by atoms with E-state index in [1.165, 1.54) is 11.3 Å². The SMILES string of the molecule is Cc1c(Nc2c(C#N)cnc3sc(/C=C/C(=O)N(C)CCN(C)C)cc23)ccc2[nH]ccc12. The van der Waals surface area contributed by atoms with Gasteiger partial charge in [-0.3, -0.25) is 4.79 Å². The molecule has 1 amide bonds. The Labute approximate surface area is 197 Å². The third-order valence-corrected chi connectivity index (χ3v) is 6.62. The zero-order valence-electron chi connectivity index (χ0n) is 19.1. The first-order valence-electron chi connectivity index (χ1n) is 10.6. The molecule has 3 heterocycles. The molecule has 0 aliphatic heterocycles. The van der Waals surface area contributed by atoms with Gasteiger partial charge in [0.05, 0.1) is 11.3 Å². The average Bonchev–Trinajstić information content (AvgIpc) is 3.45. The number of nitrogens with one attached hydrogen (secondary N) is 2. The number of thiophene rings is 1. The van der Waals surface area contributed by atoms with Crippen LogP contribution in [0.1, 0.15) is 16.0 Å². The van der Waals surface area contributed by atoms with E-state index in [0.717, 1.165) is 49.5 Å². The number of nitrogens with zero attached hydrogens (tertiary/aromatic N) is 4. The highest BCUT2D eigenvalue weighted by Crippen LogP contribution is 2.36. The number of aromatic nitrogens is 2. The number of amides is 1. The number of rotatable bonds is 7. The second-order valence-electron chi connectivity index (χ2n) is 8.22. The molecular weight excluding hydrogens is 432 g/mol. The van der Waals surface area contributed by atoms with Crippen molar-refractivity contribution < 1.29 is 4.79 Å². The standard InChI is InChI=1S/C25H26N6OS/c1-16-19-9-10-27-22(19)7-6-21(16)29-24-17(14-26)15-28-25-20(24)13-18(33-25)5-8-23(32)31(4)12-11-30(2)3/h5-10,13,15,27H,11-12H2,1-4H3,(H,28,29)/b8-5+. The van der Waals surface area contributed by atoms with Crippen LogP contribution in [0.4, 0.5) is 11.4 Å². The predicted octanol–water partition coefficient (Wildman–Crippen LogP) is 4.73. The van der Waals surface area contributed by atoms with Gasteiger partial charge >= 0.3 is 0 Å². The molecule has 3 aromatic heterocycles. The second-order valence-corrected chi connectivity index (χ2v) is 9.29. The van der Waals surface area contributed by atoms with Crippen LogP contribution in [0, 0.1) is 18.3 Å². The van der Waals surface area contributed by atoms with Gasteiger partial charge in [0, 0.05) is 65.5 Å². The molecule has 4 rings (SSSR count). The minimum Gasteiger partial charge on any atom is -0.361 e. The van der Waals surface area contributed by atoms with Gasteiger partial charge < -0.3 is 20.1 Å². The Kier molecular flexibility index (Phi) is 6.45. The molecule has 7 nitrogen and oxygen atoms in total. The van der Waals surface area contributed by atoms with Gasteiger partial charge in [-0.15, -0.1) is 11.3 Å². The summed E-state index contributed by atoms with van der Waals surface area (Å²) in [5.74, 6) is -0.0474. The van der Waals surface area contributed by atoms with E-state index < -0.39 is 0 Å². The lowest BCUT2D eigenvalue weighted by atomic mass is 10.1. The molecule has 168 valence electrons. The predicted molar refractivity (Wildman–Crippen MR) is 136 cm³/mol. The largest absolute Gasteiger partial charge is 0.361 e. The Morgan fingerprint density at radius 2 is 2.06 bits per heavy atom. The molecule has 0 unspecified atom stereocenters. The lowest BCUT2D eigenvalue weighted by Gasteiger charge is -2.17. The zero-order valence-corrected chi connectivity index (χ0v) is 20.0. The van der Waals surface area contributed by atoms with Gasteiger partial charge in [-0.25, -0.2) is 4.98 Å². The van der Waals surface area contributed by atoms with Crippen molar-refractivity contribution >= 4 is 55.8 Å². The number of aromatic amines is 1. The monoisotopic (exact) mass is 458 g/mol. The number of benzene rings is 1. The number of carbonyl (C=O) groups excluding carboxylic acids is 1. The van der Waals surface area contributed by atoms with Crippen LogP contribution in [0.3, 0.4) is 0 Å². The van der Waals surface area contributed by atoms with E-state index in [1.54, 1.807) is 24.2 Å². The van der Waals surface area contributed by atoms with Crippen molar-refractivity contribution in [2.75, 3.05) is 39.5 Å². The number of anilines is 2. The van der Waals surface area contributed by atoms with E-state index in [0.29, 0.717) is 12.1 Å². The molecule has 0 atom stereocenters. The van der Waals surface area contributed by atoms with Crippen LogP contribution in [0.15, 0.2) is 42.7 Å². The molecule has 0 saturated heterocycles. The molecule has 2 N–H and O–H groups in total. The van der Waals surface area contributed by atoms with E-state index in [2.05, 4.69) is 28.3 Å².